The summed E-state index contributed by atoms with van der Waals surface area (Å²) in [5.74, 6) is -1.14. The molecule has 0 spiro atoms. The molecule has 0 aliphatic carbocycles. The molecule has 2 heterocycles. The minimum absolute atomic E-state index is 0.0254. The predicted octanol–water partition coefficient (Wildman–Crippen LogP) is 0.476. The van der Waals surface area contributed by atoms with Crippen molar-refractivity contribution >= 4 is 23.2 Å². The van der Waals surface area contributed by atoms with E-state index in [0.717, 1.165) is 0 Å². The number of carboxylic acids is 1. The highest BCUT2D eigenvalue weighted by Crippen LogP contribution is 2.12. The lowest BCUT2D eigenvalue weighted by Gasteiger charge is -1.96. The molecule has 1 N–H and O–H groups in total. The van der Waals surface area contributed by atoms with E-state index in [1.165, 1.54) is 16.9 Å². The van der Waals surface area contributed by atoms with Crippen molar-refractivity contribution in [2.45, 2.75) is 0 Å². The Hall–Kier alpha value is -1.69. The van der Waals surface area contributed by atoms with Crippen LogP contribution in [0.5, 0.6) is 0 Å². The molecule has 0 unspecified atom stereocenters. The zero-order valence-corrected chi connectivity index (χ0v) is 6.93. The van der Waals surface area contributed by atoms with Crippen LogP contribution >= 0.6 is 11.6 Å². The monoisotopic (exact) mass is 198 g/mol. The molecule has 0 aliphatic rings. The molecule has 13 heavy (non-hydrogen) atoms. The normalized spacial score (nSPS) is 10.5. The van der Waals surface area contributed by atoms with Crippen LogP contribution in [0.1, 0.15) is 10.5 Å². The van der Waals surface area contributed by atoms with Gasteiger partial charge in [-0.05, 0) is 0 Å². The van der Waals surface area contributed by atoms with Gasteiger partial charge in [0.05, 0.1) is 0 Å². The minimum Gasteiger partial charge on any atom is -0.476 e. The number of nitrogens with zero attached hydrogens (tertiary/aromatic N) is 4. The molecule has 0 fully saturated rings. The third-order valence-electron chi connectivity index (χ3n) is 1.46. The second-order valence-electron chi connectivity index (χ2n) is 2.28. The van der Waals surface area contributed by atoms with Gasteiger partial charge in [-0.25, -0.2) is 9.78 Å². The fourth-order valence-electron chi connectivity index (χ4n) is 0.904. The summed E-state index contributed by atoms with van der Waals surface area (Å²) in [4.78, 5) is 14.2. The number of hydrogen-bond donors (Lipinski definition) is 1. The van der Waals surface area contributed by atoms with Crippen LogP contribution in [0, 0.1) is 0 Å². The lowest BCUT2D eigenvalue weighted by molar-refractivity contribution is 0.0690. The Morgan fingerprint density at radius 2 is 2.38 bits per heavy atom. The van der Waals surface area contributed by atoms with Gasteiger partial charge in [-0.2, -0.15) is 0 Å². The molecule has 7 heteroatoms. The number of rotatable bonds is 1. The highest BCUT2D eigenvalue weighted by atomic mass is 35.5. The lowest BCUT2D eigenvalue weighted by Crippen LogP contribution is -2.03. The van der Waals surface area contributed by atoms with Gasteiger partial charge < -0.3 is 5.11 Å². The Kier molecular flexibility index (Phi) is 1.63. The molecule has 0 aliphatic heterocycles. The molecule has 0 atom stereocenters. The zero-order valence-electron chi connectivity index (χ0n) is 6.18. The van der Waals surface area contributed by atoms with Crippen LogP contribution in [-0.2, 0) is 0 Å². The van der Waals surface area contributed by atoms with Crippen molar-refractivity contribution in [3.63, 3.8) is 0 Å². The Balaban J connectivity index is 2.77. The van der Waals surface area contributed by atoms with Gasteiger partial charge in [0.1, 0.15) is 6.33 Å². The maximum absolute atomic E-state index is 10.5. The average molecular weight is 199 g/mol. The second-order valence-corrected chi connectivity index (χ2v) is 2.64. The van der Waals surface area contributed by atoms with Gasteiger partial charge in [-0.3, -0.25) is 4.40 Å². The van der Waals surface area contributed by atoms with Crippen molar-refractivity contribution in [3.8, 4) is 0 Å². The molecular formula is C6H3ClN4O2. The van der Waals surface area contributed by atoms with E-state index in [9.17, 15) is 4.79 Å². The Bertz CT molecular complexity index is 480. The quantitative estimate of drug-likeness (QED) is 0.721. The van der Waals surface area contributed by atoms with Crippen molar-refractivity contribution in [1.82, 2.24) is 19.6 Å². The molecule has 0 radical (unpaired) electrons. The molecular weight excluding hydrogens is 196 g/mol. The van der Waals surface area contributed by atoms with Gasteiger partial charge in [0, 0.05) is 6.20 Å². The fourth-order valence-corrected chi connectivity index (χ4v) is 1.13. The Morgan fingerprint density at radius 1 is 1.62 bits per heavy atom. The van der Waals surface area contributed by atoms with Gasteiger partial charge in [0.15, 0.2) is 16.5 Å². The molecule has 6 nitrogen and oxygen atoms in total. The number of carbonyl (C=O) groups is 1. The highest BCUT2D eigenvalue weighted by Gasteiger charge is 2.10. The number of halogens is 1. The molecule has 2 rings (SSSR count). The van der Waals surface area contributed by atoms with E-state index < -0.39 is 5.97 Å². The van der Waals surface area contributed by atoms with Crippen molar-refractivity contribution in [3.05, 3.63) is 23.4 Å². The topological polar surface area (TPSA) is 80.4 Å². The van der Waals surface area contributed by atoms with Crippen molar-refractivity contribution in [2.75, 3.05) is 0 Å². The van der Waals surface area contributed by atoms with E-state index in [1.807, 2.05) is 0 Å². The standard InChI is InChI=1S/C6H3ClN4O2/c7-4-5-10-8-2-11(5)1-3(9-4)6(12)13/h1-2H,(H,12,13). The smallest absolute Gasteiger partial charge is 0.356 e. The summed E-state index contributed by atoms with van der Waals surface area (Å²) in [6, 6.07) is 0. The molecule has 2 aromatic heterocycles. The Labute approximate surface area is 76.8 Å². The summed E-state index contributed by atoms with van der Waals surface area (Å²) in [5.41, 5.74) is 0.198. The molecule has 0 amide bonds. The molecule has 0 saturated heterocycles. The first kappa shape index (κ1) is 7.93. The summed E-state index contributed by atoms with van der Waals surface area (Å²) >= 11 is 5.65. The van der Waals surface area contributed by atoms with Crippen molar-refractivity contribution < 1.29 is 9.90 Å². The van der Waals surface area contributed by atoms with Gasteiger partial charge in [-0.1, -0.05) is 11.6 Å². The largest absolute Gasteiger partial charge is 0.476 e. The number of aromatic carboxylic acids is 1. The molecule has 0 aromatic carbocycles. The second kappa shape index (κ2) is 2.67. The van der Waals surface area contributed by atoms with Gasteiger partial charge in [0.25, 0.3) is 0 Å². The predicted molar refractivity (Wildman–Crippen MR) is 42.8 cm³/mol. The molecule has 0 saturated carbocycles. The first-order valence-corrected chi connectivity index (χ1v) is 3.65. The van der Waals surface area contributed by atoms with Gasteiger partial charge >= 0.3 is 5.97 Å². The maximum Gasteiger partial charge on any atom is 0.356 e. The van der Waals surface area contributed by atoms with Gasteiger partial charge in [0.2, 0.25) is 0 Å². The number of aromatic nitrogens is 4. The molecule has 2 aromatic rings. The van der Waals surface area contributed by atoms with Crippen LogP contribution in [0.25, 0.3) is 5.65 Å². The molecule has 0 bridgehead atoms. The third-order valence-corrected chi connectivity index (χ3v) is 1.71. The third kappa shape index (κ3) is 1.20. The van der Waals surface area contributed by atoms with Crippen LogP contribution in [0.4, 0.5) is 0 Å². The van der Waals surface area contributed by atoms with Crippen LogP contribution in [-0.4, -0.2) is 30.7 Å². The summed E-state index contributed by atoms with van der Waals surface area (Å²) in [5, 5.41) is 15.9. The fraction of sp³-hybridized carbons (Fsp3) is 0. The average Bonchev–Trinajstić information content (AvgIpc) is 2.51. The number of carboxylic acid groups (broad SMARTS) is 1. The van der Waals surface area contributed by atoms with E-state index in [0.29, 0.717) is 5.65 Å². The van der Waals surface area contributed by atoms with Gasteiger partial charge in [-0.15, -0.1) is 10.2 Å². The highest BCUT2D eigenvalue weighted by molar-refractivity contribution is 6.32. The number of hydrogen-bond acceptors (Lipinski definition) is 4. The molecule has 66 valence electrons. The van der Waals surface area contributed by atoms with Crippen molar-refractivity contribution in [1.29, 1.82) is 0 Å². The van der Waals surface area contributed by atoms with Crippen LogP contribution in [0.3, 0.4) is 0 Å². The maximum atomic E-state index is 10.5. The first-order valence-electron chi connectivity index (χ1n) is 3.27. The number of fused-ring (bicyclic) bond motifs is 1. The lowest BCUT2D eigenvalue weighted by atomic mass is 10.4. The minimum atomic E-state index is -1.14. The van der Waals surface area contributed by atoms with E-state index in [1.54, 1.807) is 0 Å². The SMILES string of the molecule is O=C(O)c1cn2cnnc2c(Cl)n1. The zero-order chi connectivity index (χ0) is 9.42. The van der Waals surface area contributed by atoms with E-state index in [-0.39, 0.29) is 10.8 Å². The van der Waals surface area contributed by atoms with E-state index >= 15 is 0 Å². The van der Waals surface area contributed by atoms with E-state index in [4.69, 9.17) is 16.7 Å². The van der Waals surface area contributed by atoms with Crippen LogP contribution in [0.15, 0.2) is 12.5 Å². The summed E-state index contributed by atoms with van der Waals surface area (Å²) in [6.07, 6.45) is 2.65. The van der Waals surface area contributed by atoms with Crippen molar-refractivity contribution in [2.24, 2.45) is 0 Å². The van der Waals surface area contributed by atoms with E-state index in [2.05, 4.69) is 15.2 Å². The Morgan fingerprint density at radius 3 is 3.08 bits per heavy atom. The summed E-state index contributed by atoms with van der Waals surface area (Å²) < 4.78 is 1.40. The first-order chi connectivity index (χ1) is 6.18. The van der Waals surface area contributed by atoms with Crippen LogP contribution < -0.4 is 0 Å². The van der Waals surface area contributed by atoms with Crippen LogP contribution in [0.2, 0.25) is 5.15 Å². The summed E-state index contributed by atoms with van der Waals surface area (Å²) in [7, 11) is 0. The summed E-state index contributed by atoms with van der Waals surface area (Å²) in [6.45, 7) is 0.